The van der Waals surface area contributed by atoms with Crippen molar-refractivity contribution in [2.45, 2.75) is 38.1 Å². The Bertz CT molecular complexity index is 1220. The molecule has 3 heterocycles. The van der Waals surface area contributed by atoms with E-state index in [-0.39, 0.29) is 10.8 Å². The Balaban J connectivity index is 1.64. The number of nitrogens with zero attached hydrogens (tertiary/aromatic N) is 4. The molecule has 144 valence electrons. The average Bonchev–Trinajstić information content (AvgIpc) is 3.16. The van der Waals surface area contributed by atoms with Crippen molar-refractivity contribution in [3.05, 3.63) is 56.4 Å². The van der Waals surface area contributed by atoms with Gasteiger partial charge in [-0.1, -0.05) is 41.6 Å². The number of nitrogens with one attached hydrogen (secondary N) is 1. The highest BCUT2D eigenvalue weighted by atomic mass is 32.2. The van der Waals surface area contributed by atoms with Gasteiger partial charge in [0.2, 0.25) is 0 Å². The third kappa shape index (κ3) is 3.27. The average molecular weight is 412 g/mol. The predicted molar refractivity (Wildman–Crippen MR) is 115 cm³/mol. The highest BCUT2D eigenvalue weighted by Crippen LogP contribution is 2.34. The van der Waals surface area contributed by atoms with E-state index in [0.717, 1.165) is 31.8 Å². The van der Waals surface area contributed by atoms with Crippen LogP contribution in [0.25, 0.3) is 21.6 Å². The van der Waals surface area contributed by atoms with Gasteiger partial charge in [0.05, 0.1) is 10.6 Å². The van der Waals surface area contributed by atoms with Gasteiger partial charge in [-0.3, -0.25) is 4.79 Å². The Morgan fingerprint density at radius 2 is 1.86 bits per heavy atom. The first-order valence-corrected chi connectivity index (χ1v) is 10.7. The second-order valence-corrected chi connectivity index (χ2v) is 9.42. The number of thiophene rings is 1. The number of hydrogen-bond donors (Lipinski definition) is 1. The molecule has 0 amide bonds. The van der Waals surface area contributed by atoms with Crippen LogP contribution in [0.3, 0.4) is 0 Å². The maximum atomic E-state index is 12.5. The summed E-state index contributed by atoms with van der Waals surface area (Å²) in [4.78, 5) is 22.1. The van der Waals surface area contributed by atoms with Crippen LogP contribution < -0.4 is 5.56 Å². The van der Waals surface area contributed by atoms with Gasteiger partial charge in [0.25, 0.3) is 5.56 Å². The summed E-state index contributed by atoms with van der Waals surface area (Å²) >= 11 is 3.09. The van der Waals surface area contributed by atoms with Gasteiger partial charge in [0, 0.05) is 17.5 Å². The smallest absolute Gasteiger partial charge is 0.259 e. The lowest BCUT2D eigenvalue weighted by atomic mass is 10.1. The molecule has 8 heteroatoms. The third-order valence-corrected chi connectivity index (χ3v) is 7.11. The predicted octanol–water partition coefficient (Wildman–Crippen LogP) is 4.56. The maximum Gasteiger partial charge on any atom is 0.259 e. The number of fused-ring (bicyclic) bond motifs is 1. The topological polar surface area (TPSA) is 76.5 Å². The second-order valence-electron chi connectivity index (χ2n) is 6.91. The number of rotatable bonds is 4. The SMILES string of the molecule is Cc1ccc(-c2nnc(SC(C)c3nc4sc(C)c(C)c4c(=O)[nH]3)n2C)cc1. The molecule has 0 bridgehead atoms. The van der Waals surface area contributed by atoms with Gasteiger partial charge in [0.1, 0.15) is 10.7 Å². The summed E-state index contributed by atoms with van der Waals surface area (Å²) in [6.45, 7) is 8.06. The summed E-state index contributed by atoms with van der Waals surface area (Å²) in [6.07, 6.45) is 0. The number of hydrogen-bond acceptors (Lipinski definition) is 6. The van der Waals surface area contributed by atoms with E-state index in [1.807, 2.05) is 44.5 Å². The van der Waals surface area contributed by atoms with Crippen LogP contribution in [0.4, 0.5) is 0 Å². The Kier molecular flexibility index (Phi) is 4.84. The normalized spacial score (nSPS) is 12.6. The molecule has 28 heavy (non-hydrogen) atoms. The fourth-order valence-corrected chi connectivity index (χ4v) is 4.96. The van der Waals surface area contributed by atoms with Gasteiger partial charge in [-0.05, 0) is 33.3 Å². The number of benzene rings is 1. The quantitative estimate of drug-likeness (QED) is 0.498. The number of aromatic amines is 1. The van der Waals surface area contributed by atoms with E-state index < -0.39 is 0 Å². The Morgan fingerprint density at radius 3 is 2.57 bits per heavy atom. The molecule has 3 aromatic heterocycles. The zero-order valence-electron chi connectivity index (χ0n) is 16.4. The summed E-state index contributed by atoms with van der Waals surface area (Å²) < 4.78 is 1.97. The molecule has 0 saturated heterocycles. The van der Waals surface area contributed by atoms with E-state index in [1.54, 1.807) is 11.3 Å². The van der Waals surface area contributed by atoms with Crippen LogP contribution >= 0.6 is 23.1 Å². The molecule has 6 nitrogen and oxygen atoms in total. The zero-order valence-corrected chi connectivity index (χ0v) is 18.0. The maximum absolute atomic E-state index is 12.5. The van der Waals surface area contributed by atoms with E-state index in [9.17, 15) is 4.79 Å². The number of thioether (sulfide) groups is 1. The number of aryl methyl sites for hydroxylation is 3. The minimum absolute atomic E-state index is 0.0615. The lowest BCUT2D eigenvalue weighted by Gasteiger charge is -2.10. The molecular weight excluding hydrogens is 390 g/mol. The molecule has 0 aliphatic heterocycles. The van der Waals surface area contributed by atoms with Crippen LogP contribution in [0.1, 0.15) is 34.0 Å². The summed E-state index contributed by atoms with van der Waals surface area (Å²) in [7, 11) is 1.95. The van der Waals surface area contributed by atoms with Gasteiger partial charge >= 0.3 is 0 Å². The fraction of sp³-hybridized carbons (Fsp3) is 0.300. The second kappa shape index (κ2) is 7.18. The molecule has 0 radical (unpaired) electrons. The van der Waals surface area contributed by atoms with E-state index in [2.05, 4.69) is 34.2 Å². The molecule has 4 rings (SSSR count). The fourth-order valence-electron chi connectivity index (χ4n) is 3.05. The molecule has 1 N–H and O–H groups in total. The van der Waals surface area contributed by atoms with Crippen molar-refractivity contribution < 1.29 is 0 Å². The van der Waals surface area contributed by atoms with Crippen molar-refractivity contribution in [1.82, 2.24) is 24.7 Å². The van der Waals surface area contributed by atoms with E-state index in [0.29, 0.717) is 11.2 Å². The first-order chi connectivity index (χ1) is 13.3. The molecule has 0 aliphatic rings. The summed E-state index contributed by atoms with van der Waals surface area (Å²) in [5.74, 6) is 1.47. The van der Waals surface area contributed by atoms with E-state index in [4.69, 9.17) is 4.98 Å². The van der Waals surface area contributed by atoms with Crippen molar-refractivity contribution in [3.8, 4) is 11.4 Å². The summed E-state index contributed by atoms with van der Waals surface area (Å²) in [5.41, 5.74) is 3.17. The minimum Gasteiger partial charge on any atom is -0.309 e. The number of aromatic nitrogens is 5. The van der Waals surface area contributed by atoms with Gasteiger partial charge in [-0.25, -0.2) is 4.98 Å². The standard InChI is InChI=1S/C20H21N5OS2/c1-10-6-8-14(9-7-10)17-23-24-20(25(17)5)28-13(4)16-21-18(26)15-11(2)12(3)27-19(15)22-16/h6-9,13H,1-5H3,(H,21,22,26). The molecule has 0 aliphatic carbocycles. The first kappa shape index (κ1) is 18.9. The van der Waals surface area contributed by atoms with E-state index >= 15 is 0 Å². The van der Waals surface area contributed by atoms with Gasteiger partial charge in [-0.15, -0.1) is 21.5 Å². The van der Waals surface area contributed by atoms with Gasteiger partial charge < -0.3 is 9.55 Å². The van der Waals surface area contributed by atoms with Crippen LogP contribution in [0.5, 0.6) is 0 Å². The van der Waals surface area contributed by atoms with Crippen LogP contribution in [-0.4, -0.2) is 24.7 Å². The van der Waals surface area contributed by atoms with E-state index in [1.165, 1.54) is 17.3 Å². The monoisotopic (exact) mass is 411 g/mol. The molecule has 0 saturated carbocycles. The van der Waals surface area contributed by atoms with Crippen LogP contribution in [0.2, 0.25) is 0 Å². The highest BCUT2D eigenvalue weighted by Gasteiger charge is 2.19. The molecule has 4 aromatic rings. The molecular formula is C20H21N5OS2. The zero-order chi connectivity index (χ0) is 20.0. The van der Waals surface area contributed by atoms with Crippen molar-refractivity contribution in [2.75, 3.05) is 0 Å². The van der Waals surface area contributed by atoms with Crippen molar-refractivity contribution in [2.24, 2.45) is 7.05 Å². The Morgan fingerprint density at radius 1 is 1.14 bits per heavy atom. The van der Waals surface area contributed by atoms with Crippen molar-refractivity contribution in [3.63, 3.8) is 0 Å². The molecule has 0 fully saturated rings. The van der Waals surface area contributed by atoms with Crippen molar-refractivity contribution in [1.29, 1.82) is 0 Å². The molecule has 1 atom stereocenters. The molecule has 1 unspecified atom stereocenters. The minimum atomic E-state index is -0.0763. The highest BCUT2D eigenvalue weighted by molar-refractivity contribution is 7.99. The van der Waals surface area contributed by atoms with Gasteiger partial charge in [0.15, 0.2) is 11.0 Å². The summed E-state index contributed by atoms with van der Waals surface area (Å²) in [5, 5.41) is 10.1. The van der Waals surface area contributed by atoms with Gasteiger partial charge in [-0.2, -0.15) is 0 Å². The van der Waals surface area contributed by atoms with Crippen LogP contribution in [-0.2, 0) is 7.05 Å². The van der Waals surface area contributed by atoms with Crippen LogP contribution in [0, 0.1) is 20.8 Å². The molecule has 1 aromatic carbocycles. The van der Waals surface area contributed by atoms with Crippen LogP contribution in [0.15, 0.2) is 34.2 Å². The summed E-state index contributed by atoms with van der Waals surface area (Å²) in [6, 6.07) is 8.22. The lowest BCUT2D eigenvalue weighted by molar-refractivity contribution is 0.786. The van der Waals surface area contributed by atoms with Crippen molar-refractivity contribution >= 4 is 33.3 Å². The first-order valence-electron chi connectivity index (χ1n) is 8.98. The number of H-pyrrole nitrogens is 1. The lowest BCUT2D eigenvalue weighted by Crippen LogP contribution is -2.12. The Hall–Kier alpha value is -2.45. The molecule has 0 spiro atoms. The Labute approximate surface area is 171 Å². The third-order valence-electron chi connectivity index (χ3n) is 4.87. The largest absolute Gasteiger partial charge is 0.309 e.